The second kappa shape index (κ2) is 10.9. The van der Waals surface area contributed by atoms with Crippen molar-refractivity contribution >= 4 is 52.9 Å². The van der Waals surface area contributed by atoms with Crippen LogP contribution in [0.5, 0.6) is 0 Å². The van der Waals surface area contributed by atoms with Crippen LogP contribution in [0.4, 0.5) is 0 Å². The van der Waals surface area contributed by atoms with Crippen LogP contribution in [0.3, 0.4) is 0 Å². The molecule has 0 atom stereocenters. The maximum atomic E-state index is 6.19. The minimum atomic E-state index is 0. The van der Waals surface area contributed by atoms with Gasteiger partial charge in [0.25, 0.3) is 0 Å². The van der Waals surface area contributed by atoms with Gasteiger partial charge >= 0.3 is 0 Å². The number of guanidine groups is 1. The molecular formula is C17H24ClIN4S. The third kappa shape index (κ3) is 6.57. The highest BCUT2D eigenvalue weighted by molar-refractivity contribution is 14.0. The molecule has 0 saturated heterocycles. The Balaban J connectivity index is 0.00000288. The first kappa shape index (κ1) is 21.2. The van der Waals surface area contributed by atoms with Gasteiger partial charge in [0.05, 0.1) is 17.2 Å². The minimum absolute atomic E-state index is 0. The predicted octanol–water partition coefficient (Wildman–Crippen LogP) is 4.36. The number of thiazole rings is 1. The van der Waals surface area contributed by atoms with E-state index in [1.807, 2.05) is 38.2 Å². The first-order valence-electron chi connectivity index (χ1n) is 7.74. The van der Waals surface area contributed by atoms with E-state index in [1.165, 1.54) is 0 Å². The van der Waals surface area contributed by atoms with Crippen LogP contribution in [0.1, 0.15) is 23.2 Å². The molecule has 0 fully saturated rings. The van der Waals surface area contributed by atoms with Crippen molar-refractivity contribution in [1.29, 1.82) is 0 Å². The number of rotatable bonds is 6. The molecule has 4 nitrogen and oxygen atoms in total. The highest BCUT2D eigenvalue weighted by atomic mass is 127. The fourth-order valence-electron chi connectivity index (χ4n) is 2.25. The molecule has 1 aromatic heterocycles. The van der Waals surface area contributed by atoms with Crippen molar-refractivity contribution in [1.82, 2.24) is 15.2 Å². The van der Waals surface area contributed by atoms with Crippen molar-refractivity contribution in [2.24, 2.45) is 4.99 Å². The summed E-state index contributed by atoms with van der Waals surface area (Å²) in [4.78, 5) is 11.3. The zero-order valence-electron chi connectivity index (χ0n) is 14.3. The molecular weight excluding hydrogens is 455 g/mol. The van der Waals surface area contributed by atoms with E-state index in [4.69, 9.17) is 16.6 Å². The number of nitrogens with one attached hydrogen (secondary N) is 1. The molecule has 0 unspecified atom stereocenters. The lowest BCUT2D eigenvalue weighted by atomic mass is 10.1. The highest BCUT2D eigenvalue weighted by Crippen LogP contribution is 2.15. The van der Waals surface area contributed by atoms with Crippen molar-refractivity contribution < 1.29 is 0 Å². The lowest BCUT2D eigenvalue weighted by Gasteiger charge is -2.21. The normalized spacial score (nSPS) is 11.1. The summed E-state index contributed by atoms with van der Waals surface area (Å²) in [6.07, 6.45) is 0.832. The molecule has 0 aliphatic carbocycles. The molecule has 0 aliphatic rings. The molecule has 2 aromatic rings. The molecule has 1 heterocycles. The SMILES string of the molecule is CCNC(=NCCc1ccccc1Cl)N(C)Cc1csc(C)n1.I. The van der Waals surface area contributed by atoms with Crippen LogP contribution in [0.25, 0.3) is 0 Å². The van der Waals surface area contributed by atoms with Gasteiger partial charge in [0.1, 0.15) is 0 Å². The number of halogens is 2. The molecule has 0 bridgehead atoms. The van der Waals surface area contributed by atoms with E-state index >= 15 is 0 Å². The highest BCUT2D eigenvalue weighted by Gasteiger charge is 2.08. The van der Waals surface area contributed by atoms with E-state index in [0.717, 1.165) is 46.8 Å². The molecule has 24 heavy (non-hydrogen) atoms. The molecule has 0 aliphatic heterocycles. The standard InChI is InChI=1S/C17H23ClN4S.HI/c1-4-19-17(22(3)11-15-12-23-13(2)21-15)20-10-9-14-7-5-6-8-16(14)18;/h5-8,12H,4,9-11H2,1-3H3,(H,19,20);1H. The monoisotopic (exact) mass is 478 g/mol. The number of hydrogen-bond donors (Lipinski definition) is 1. The summed E-state index contributed by atoms with van der Waals surface area (Å²) in [5.74, 6) is 0.894. The van der Waals surface area contributed by atoms with E-state index < -0.39 is 0 Å². The number of benzene rings is 1. The lowest BCUT2D eigenvalue weighted by Crippen LogP contribution is -2.38. The molecule has 0 spiro atoms. The third-order valence-corrected chi connectivity index (χ3v) is 4.55. The lowest BCUT2D eigenvalue weighted by molar-refractivity contribution is 0.471. The van der Waals surface area contributed by atoms with Crippen molar-refractivity contribution in [3.63, 3.8) is 0 Å². The Hall–Kier alpha value is -0.860. The molecule has 0 radical (unpaired) electrons. The van der Waals surface area contributed by atoms with Crippen molar-refractivity contribution in [3.8, 4) is 0 Å². The Morgan fingerprint density at radius 1 is 1.38 bits per heavy atom. The zero-order valence-corrected chi connectivity index (χ0v) is 18.2. The maximum Gasteiger partial charge on any atom is 0.194 e. The molecule has 1 aromatic carbocycles. The van der Waals surface area contributed by atoms with Crippen LogP contribution in [0.2, 0.25) is 5.02 Å². The molecule has 0 amide bonds. The number of nitrogens with zero attached hydrogens (tertiary/aromatic N) is 3. The Morgan fingerprint density at radius 2 is 2.12 bits per heavy atom. The van der Waals surface area contributed by atoms with Gasteiger partial charge in [-0.3, -0.25) is 4.99 Å². The van der Waals surface area contributed by atoms with Gasteiger partial charge < -0.3 is 10.2 Å². The van der Waals surface area contributed by atoms with Gasteiger partial charge in [-0.2, -0.15) is 0 Å². The van der Waals surface area contributed by atoms with Crippen LogP contribution < -0.4 is 5.32 Å². The van der Waals surface area contributed by atoms with Gasteiger partial charge in [-0.25, -0.2) is 4.98 Å². The first-order chi connectivity index (χ1) is 11.1. The average Bonchev–Trinajstić information content (AvgIpc) is 2.93. The molecule has 2 rings (SSSR count). The van der Waals surface area contributed by atoms with Crippen molar-refractivity contribution in [2.75, 3.05) is 20.1 Å². The summed E-state index contributed by atoms with van der Waals surface area (Å²) in [6, 6.07) is 7.92. The van der Waals surface area contributed by atoms with Crippen LogP contribution in [-0.4, -0.2) is 36.0 Å². The molecule has 7 heteroatoms. The van der Waals surface area contributed by atoms with E-state index in [-0.39, 0.29) is 24.0 Å². The van der Waals surface area contributed by atoms with Crippen LogP contribution >= 0.6 is 46.9 Å². The van der Waals surface area contributed by atoms with E-state index in [2.05, 4.69) is 27.5 Å². The van der Waals surface area contributed by atoms with Crippen LogP contribution in [0, 0.1) is 6.92 Å². The van der Waals surface area contributed by atoms with Gasteiger partial charge in [-0.05, 0) is 31.9 Å². The first-order valence-corrected chi connectivity index (χ1v) is 8.99. The Labute approximate surface area is 170 Å². The second-order valence-electron chi connectivity index (χ2n) is 5.29. The van der Waals surface area contributed by atoms with Gasteiger partial charge in [0.2, 0.25) is 0 Å². The number of aryl methyl sites for hydroxylation is 1. The smallest absolute Gasteiger partial charge is 0.194 e. The summed E-state index contributed by atoms with van der Waals surface area (Å²) in [6.45, 7) is 6.39. The van der Waals surface area contributed by atoms with Crippen LogP contribution in [-0.2, 0) is 13.0 Å². The molecule has 0 saturated carbocycles. The molecule has 132 valence electrons. The van der Waals surface area contributed by atoms with E-state index in [1.54, 1.807) is 11.3 Å². The Bertz CT molecular complexity index is 660. The van der Waals surface area contributed by atoms with Crippen molar-refractivity contribution in [2.45, 2.75) is 26.8 Å². The topological polar surface area (TPSA) is 40.5 Å². The van der Waals surface area contributed by atoms with Crippen molar-refractivity contribution in [3.05, 3.63) is 50.9 Å². The van der Waals surface area contributed by atoms with Crippen LogP contribution in [0.15, 0.2) is 34.6 Å². The Morgan fingerprint density at radius 3 is 2.75 bits per heavy atom. The summed E-state index contributed by atoms with van der Waals surface area (Å²) < 4.78 is 0. The summed E-state index contributed by atoms with van der Waals surface area (Å²) >= 11 is 7.87. The zero-order chi connectivity index (χ0) is 16.7. The van der Waals surface area contributed by atoms with E-state index in [0.29, 0.717) is 6.54 Å². The number of hydrogen-bond acceptors (Lipinski definition) is 3. The summed E-state index contributed by atoms with van der Waals surface area (Å²) in [5.41, 5.74) is 2.21. The van der Waals surface area contributed by atoms with E-state index in [9.17, 15) is 0 Å². The minimum Gasteiger partial charge on any atom is -0.357 e. The largest absolute Gasteiger partial charge is 0.357 e. The molecule has 1 N–H and O–H groups in total. The summed E-state index contributed by atoms with van der Waals surface area (Å²) in [5, 5.41) is 7.32. The number of aliphatic imine (C=N–C) groups is 1. The second-order valence-corrected chi connectivity index (χ2v) is 6.76. The summed E-state index contributed by atoms with van der Waals surface area (Å²) in [7, 11) is 2.03. The van der Waals surface area contributed by atoms with Gasteiger partial charge in [-0.15, -0.1) is 35.3 Å². The van der Waals surface area contributed by atoms with Gasteiger partial charge in [0, 0.05) is 30.5 Å². The third-order valence-electron chi connectivity index (χ3n) is 3.36. The Kier molecular flexibility index (Phi) is 9.61. The number of aromatic nitrogens is 1. The average molecular weight is 479 g/mol. The maximum absolute atomic E-state index is 6.19. The van der Waals surface area contributed by atoms with Gasteiger partial charge in [-0.1, -0.05) is 29.8 Å². The quantitative estimate of drug-likeness (QED) is 0.381. The predicted molar refractivity (Wildman–Crippen MR) is 115 cm³/mol. The van der Waals surface area contributed by atoms with Gasteiger partial charge in [0.15, 0.2) is 5.96 Å². The fourth-order valence-corrected chi connectivity index (χ4v) is 3.09. The fraction of sp³-hybridized carbons (Fsp3) is 0.412.